The van der Waals surface area contributed by atoms with Crippen molar-refractivity contribution in [1.82, 2.24) is 19.1 Å². The molecule has 0 bridgehead atoms. The van der Waals surface area contributed by atoms with Crippen LogP contribution in [0.15, 0.2) is 170 Å². The normalized spacial score (nSPS) is 11.3. The lowest BCUT2D eigenvalue weighted by atomic mass is 9.98. The second kappa shape index (κ2) is 12.5. The van der Waals surface area contributed by atoms with Gasteiger partial charge in [-0.15, -0.1) is 0 Å². The van der Waals surface area contributed by atoms with Gasteiger partial charge in [0.15, 0.2) is 5.82 Å². The van der Waals surface area contributed by atoms with Crippen molar-refractivity contribution in [2.45, 2.75) is 0 Å². The van der Waals surface area contributed by atoms with Crippen LogP contribution in [-0.4, -0.2) is 19.1 Å². The monoisotopic (exact) mass is 688 g/mol. The third kappa shape index (κ3) is 4.72. The summed E-state index contributed by atoms with van der Waals surface area (Å²) in [4.78, 5) is 9.90. The largest absolute Gasteiger partial charge is 0.309 e. The third-order valence-electron chi connectivity index (χ3n) is 10.2. The van der Waals surface area contributed by atoms with Gasteiger partial charge < -0.3 is 9.13 Å². The summed E-state index contributed by atoms with van der Waals surface area (Å²) >= 11 is 0. The molecule has 7 aromatic carbocycles. The van der Waals surface area contributed by atoms with Crippen molar-refractivity contribution < 1.29 is 0 Å². The summed E-state index contributed by atoms with van der Waals surface area (Å²) in [5, 5.41) is 26.0. The molecule has 0 fully saturated rings. The number of rotatable bonds is 5. The second-order valence-electron chi connectivity index (χ2n) is 13.2. The molecule has 0 aliphatic heterocycles. The Hall–Kier alpha value is -7.80. The lowest BCUT2D eigenvalue weighted by molar-refractivity contribution is 1.15. The van der Waals surface area contributed by atoms with Gasteiger partial charge in [0.2, 0.25) is 0 Å². The molecule has 3 heterocycles. The van der Waals surface area contributed by atoms with E-state index in [4.69, 9.17) is 9.97 Å². The van der Waals surface area contributed by atoms with Gasteiger partial charge in [-0.05, 0) is 42.5 Å². The molecule has 0 aliphatic carbocycles. The van der Waals surface area contributed by atoms with Crippen molar-refractivity contribution in [1.29, 1.82) is 10.5 Å². The molecule has 0 radical (unpaired) electrons. The average Bonchev–Trinajstić information content (AvgIpc) is 3.77. The van der Waals surface area contributed by atoms with Gasteiger partial charge in [-0.2, -0.15) is 10.5 Å². The Balaban J connectivity index is 1.26. The number of hydrogen-bond donors (Lipinski definition) is 0. The first-order valence-corrected chi connectivity index (χ1v) is 17.7. The molecule has 6 heteroatoms. The molecule has 54 heavy (non-hydrogen) atoms. The predicted molar refractivity (Wildman–Crippen MR) is 216 cm³/mol. The molecule has 6 nitrogen and oxygen atoms in total. The quantitative estimate of drug-likeness (QED) is 0.180. The second-order valence-corrected chi connectivity index (χ2v) is 13.2. The Morgan fingerprint density at radius 2 is 1.04 bits per heavy atom. The van der Waals surface area contributed by atoms with Gasteiger partial charge in [0.1, 0.15) is 17.7 Å². The Morgan fingerprint density at radius 1 is 0.444 bits per heavy atom. The fourth-order valence-electron chi connectivity index (χ4n) is 7.88. The summed E-state index contributed by atoms with van der Waals surface area (Å²) in [7, 11) is 0. The van der Waals surface area contributed by atoms with E-state index in [-0.39, 0.29) is 0 Å². The molecular weight excluding hydrogens is 661 g/mol. The summed E-state index contributed by atoms with van der Waals surface area (Å²) in [6, 6.07) is 61.9. The Morgan fingerprint density at radius 3 is 1.72 bits per heavy atom. The average molecular weight is 689 g/mol. The fraction of sp³-hybridized carbons (Fsp3) is 0. The van der Waals surface area contributed by atoms with E-state index in [1.54, 1.807) is 0 Å². The van der Waals surface area contributed by atoms with E-state index in [1.807, 2.05) is 91.0 Å². The topological polar surface area (TPSA) is 83.2 Å². The summed E-state index contributed by atoms with van der Waals surface area (Å²) in [5.41, 5.74) is 10.2. The molecule has 0 N–H and O–H groups in total. The molecule has 250 valence electrons. The van der Waals surface area contributed by atoms with Crippen LogP contribution in [0.1, 0.15) is 11.1 Å². The van der Waals surface area contributed by atoms with Crippen LogP contribution < -0.4 is 0 Å². The van der Waals surface area contributed by atoms with Crippen LogP contribution in [0, 0.1) is 22.7 Å². The van der Waals surface area contributed by atoms with E-state index < -0.39 is 0 Å². The van der Waals surface area contributed by atoms with Gasteiger partial charge in [-0.3, -0.25) is 0 Å². The number of para-hydroxylation sites is 3. The van der Waals surface area contributed by atoms with Crippen LogP contribution in [0.3, 0.4) is 0 Å². The van der Waals surface area contributed by atoms with Crippen molar-refractivity contribution in [3.05, 3.63) is 181 Å². The van der Waals surface area contributed by atoms with Gasteiger partial charge in [0, 0.05) is 43.9 Å². The molecule has 10 aromatic rings. The molecule has 0 saturated carbocycles. The number of nitrogens with zero attached hydrogens (tertiary/aromatic N) is 6. The van der Waals surface area contributed by atoms with Crippen LogP contribution in [0.25, 0.3) is 88.9 Å². The zero-order valence-corrected chi connectivity index (χ0v) is 28.8. The first kappa shape index (κ1) is 31.0. The maximum absolute atomic E-state index is 10.9. The minimum atomic E-state index is 0.352. The minimum absolute atomic E-state index is 0.352. The van der Waals surface area contributed by atoms with Gasteiger partial charge in [-0.25, -0.2) is 9.97 Å². The Kier molecular flexibility index (Phi) is 7.15. The lowest BCUT2D eigenvalue weighted by Gasteiger charge is -2.15. The lowest BCUT2D eigenvalue weighted by Crippen LogP contribution is -2.02. The third-order valence-corrected chi connectivity index (χ3v) is 10.2. The highest BCUT2D eigenvalue weighted by Crippen LogP contribution is 2.43. The van der Waals surface area contributed by atoms with Crippen LogP contribution >= 0.6 is 0 Å². The van der Waals surface area contributed by atoms with E-state index >= 15 is 0 Å². The van der Waals surface area contributed by atoms with E-state index in [0.717, 1.165) is 66.1 Å². The van der Waals surface area contributed by atoms with Crippen LogP contribution in [-0.2, 0) is 0 Å². The molecule has 0 aliphatic rings. The first-order valence-electron chi connectivity index (χ1n) is 17.7. The van der Waals surface area contributed by atoms with Gasteiger partial charge in [-0.1, -0.05) is 127 Å². The van der Waals surface area contributed by atoms with Crippen molar-refractivity contribution in [3.8, 4) is 57.4 Å². The van der Waals surface area contributed by atoms with Gasteiger partial charge >= 0.3 is 0 Å². The zero-order valence-electron chi connectivity index (χ0n) is 28.8. The van der Waals surface area contributed by atoms with Crippen molar-refractivity contribution >= 4 is 43.6 Å². The molecular formula is C48H28N6. The smallest absolute Gasteiger partial charge is 0.160 e. The summed E-state index contributed by atoms with van der Waals surface area (Å²) in [5.74, 6) is 0.505. The Labute approximate surface area is 310 Å². The van der Waals surface area contributed by atoms with Crippen molar-refractivity contribution in [2.75, 3.05) is 0 Å². The highest BCUT2D eigenvalue weighted by Gasteiger charge is 2.23. The number of aromatic nitrogens is 4. The van der Waals surface area contributed by atoms with Crippen molar-refractivity contribution in [2.24, 2.45) is 0 Å². The number of benzene rings is 7. The number of hydrogen-bond acceptors (Lipinski definition) is 4. The SMILES string of the molecule is N#Cc1cc(-c2nc(-c3ccccc3)nc(-c3ccccc3)c2C#N)ccc1-n1c2ccccc2c2ccc3c(c4ccccc4n3-c3ccccc3)c21. The van der Waals surface area contributed by atoms with Crippen LogP contribution in [0.2, 0.25) is 0 Å². The number of fused-ring (bicyclic) bond motifs is 7. The van der Waals surface area contributed by atoms with Gasteiger partial charge in [0.05, 0.1) is 44.7 Å². The predicted octanol–water partition coefficient (Wildman–Crippen LogP) is 11.4. The van der Waals surface area contributed by atoms with E-state index in [0.29, 0.717) is 33.9 Å². The maximum atomic E-state index is 10.9. The highest BCUT2D eigenvalue weighted by atomic mass is 15.0. The fourth-order valence-corrected chi connectivity index (χ4v) is 7.88. The molecule has 0 unspecified atom stereocenters. The first-order chi connectivity index (χ1) is 26.7. The molecule has 3 aromatic heterocycles. The molecule has 0 saturated heterocycles. The van der Waals surface area contributed by atoms with E-state index in [2.05, 4.69) is 100 Å². The molecule has 0 atom stereocenters. The molecule has 0 spiro atoms. The maximum Gasteiger partial charge on any atom is 0.160 e. The van der Waals surface area contributed by atoms with Crippen LogP contribution in [0.4, 0.5) is 0 Å². The zero-order chi connectivity index (χ0) is 36.2. The highest BCUT2D eigenvalue weighted by molar-refractivity contribution is 6.26. The van der Waals surface area contributed by atoms with E-state index in [9.17, 15) is 10.5 Å². The standard InChI is InChI=1S/C48H28N6/c49-29-34-28-33(46-39(30-50)45(31-14-4-1-5-15-31)51-48(52-46)32-16-6-2-7-17-32)24-26-40(34)54-41-22-12-10-20-36(41)37-25-27-43-44(47(37)54)38-21-11-13-23-42(38)53(43)35-18-8-3-9-19-35/h1-28H. The minimum Gasteiger partial charge on any atom is -0.309 e. The number of nitriles is 2. The summed E-state index contributed by atoms with van der Waals surface area (Å²) in [6.45, 7) is 0. The van der Waals surface area contributed by atoms with Gasteiger partial charge in [0.25, 0.3) is 0 Å². The van der Waals surface area contributed by atoms with Crippen LogP contribution in [0.5, 0.6) is 0 Å². The van der Waals surface area contributed by atoms with Crippen molar-refractivity contribution in [3.63, 3.8) is 0 Å². The summed E-state index contributed by atoms with van der Waals surface area (Å²) in [6.07, 6.45) is 0. The molecule has 10 rings (SSSR count). The molecule has 0 amide bonds. The van der Waals surface area contributed by atoms with E-state index in [1.165, 1.54) is 0 Å². The summed E-state index contributed by atoms with van der Waals surface area (Å²) < 4.78 is 4.54. The Bertz CT molecular complexity index is 3160.